The zero-order chi connectivity index (χ0) is 20.5. The van der Waals surface area contributed by atoms with Crippen LogP contribution in [-0.4, -0.2) is 60.6 Å². The minimum atomic E-state index is 0.0350. The summed E-state index contributed by atoms with van der Waals surface area (Å²) in [6, 6.07) is 11.7. The first-order valence-corrected chi connectivity index (χ1v) is 10.1. The Morgan fingerprint density at radius 3 is 2.66 bits per heavy atom. The number of pyridine rings is 1. The predicted octanol–water partition coefficient (Wildman–Crippen LogP) is 3.24. The number of methoxy groups -OCH3 is 1. The van der Waals surface area contributed by atoms with Gasteiger partial charge < -0.3 is 14.4 Å². The van der Waals surface area contributed by atoms with Crippen molar-refractivity contribution in [3.63, 3.8) is 0 Å². The van der Waals surface area contributed by atoms with Gasteiger partial charge in [0.25, 0.3) is 0 Å². The summed E-state index contributed by atoms with van der Waals surface area (Å²) in [7, 11) is 1.62. The molecule has 6 nitrogen and oxygen atoms in total. The molecule has 1 aromatic heterocycles. The van der Waals surface area contributed by atoms with E-state index in [4.69, 9.17) is 9.47 Å². The zero-order valence-corrected chi connectivity index (χ0v) is 17.2. The van der Waals surface area contributed by atoms with Crippen LogP contribution in [-0.2, 0) is 11.3 Å². The number of piperazine rings is 1. The van der Waals surface area contributed by atoms with Crippen molar-refractivity contribution in [2.24, 2.45) is 0 Å². The summed E-state index contributed by atoms with van der Waals surface area (Å²) < 4.78 is 11.1. The average Bonchev–Trinajstić information content (AvgIpc) is 2.77. The zero-order valence-electron chi connectivity index (χ0n) is 17.2. The molecule has 1 saturated heterocycles. The van der Waals surface area contributed by atoms with E-state index in [9.17, 15) is 4.79 Å². The van der Waals surface area contributed by atoms with Crippen LogP contribution in [0.2, 0.25) is 0 Å². The Morgan fingerprint density at radius 2 is 1.97 bits per heavy atom. The van der Waals surface area contributed by atoms with E-state index in [0.717, 1.165) is 56.2 Å². The number of benzene rings is 1. The van der Waals surface area contributed by atoms with E-state index >= 15 is 0 Å². The first kappa shape index (κ1) is 20.9. The highest BCUT2D eigenvalue weighted by molar-refractivity contribution is 5.92. The van der Waals surface area contributed by atoms with Crippen molar-refractivity contribution in [1.29, 1.82) is 0 Å². The van der Waals surface area contributed by atoms with E-state index in [2.05, 4.69) is 16.8 Å². The monoisotopic (exact) mass is 395 g/mol. The number of nitrogens with zero attached hydrogens (tertiary/aromatic N) is 3. The maximum Gasteiger partial charge on any atom is 0.246 e. The van der Waals surface area contributed by atoms with Crippen LogP contribution < -0.4 is 9.47 Å². The van der Waals surface area contributed by atoms with Crippen molar-refractivity contribution >= 4 is 12.0 Å². The quantitative estimate of drug-likeness (QED) is 0.643. The highest BCUT2D eigenvalue weighted by atomic mass is 16.5. The summed E-state index contributed by atoms with van der Waals surface area (Å²) in [5, 5.41) is 0. The summed E-state index contributed by atoms with van der Waals surface area (Å²) in [5.41, 5.74) is 1.97. The lowest BCUT2D eigenvalue weighted by Gasteiger charge is -2.34. The summed E-state index contributed by atoms with van der Waals surface area (Å²) in [5.74, 6) is 1.44. The maximum absolute atomic E-state index is 12.6. The van der Waals surface area contributed by atoms with Gasteiger partial charge in [0.2, 0.25) is 5.91 Å². The number of hydrogen-bond donors (Lipinski definition) is 0. The first-order valence-electron chi connectivity index (χ1n) is 10.1. The Bertz CT molecular complexity index is 815. The molecular formula is C23H29N3O3. The van der Waals surface area contributed by atoms with Gasteiger partial charge in [-0.3, -0.25) is 14.7 Å². The van der Waals surface area contributed by atoms with Crippen molar-refractivity contribution in [1.82, 2.24) is 14.8 Å². The van der Waals surface area contributed by atoms with E-state index < -0.39 is 0 Å². The third-order valence-electron chi connectivity index (χ3n) is 4.86. The summed E-state index contributed by atoms with van der Waals surface area (Å²) in [4.78, 5) is 21.1. The second-order valence-electron chi connectivity index (χ2n) is 7.01. The lowest BCUT2D eigenvalue weighted by molar-refractivity contribution is -0.127. The molecule has 0 saturated carbocycles. The molecule has 0 bridgehead atoms. The normalized spacial score (nSPS) is 14.9. The SMILES string of the molecule is CCCOc1ccc(/C=C/C(=O)N2CCN(Cc3ccccn3)CC2)cc1OC. The van der Waals surface area contributed by atoms with Crippen molar-refractivity contribution < 1.29 is 14.3 Å². The molecule has 1 aliphatic heterocycles. The molecular weight excluding hydrogens is 366 g/mol. The van der Waals surface area contributed by atoms with Crippen LogP contribution in [0.15, 0.2) is 48.7 Å². The standard InChI is InChI=1S/C23H29N3O3/c1-3-16-29-21-9-7-19(17-22(21)28-2)8-10-23(27)26-14-12-25(13-15-26)18-20-6-4-5-11-24-20/h4-11,17H,3,12-16,18H2,1-2H3/b10-8+. The smallest absolute Gasteiger partial charge is 0.246 e. The fourth-order valence-electron chi connectivity index (χ4n) is 3.24. The topological polar surface area (TPSA) is 54.9 Å². The molecule has 1 aromatic carbocycles. The van der Waals surface area contributed by atoms with Gasteiger partial charge >= 0.3 is 0 Å². The van der Waals surface area contributed by atoms with Gasteiger partial charge in [0.15, 0.2) is 11.5 Å². The number of carbonyl (C=O) groups is 1. The molecule has 1 amide bonds. The molecule has 0 N–H and O–H groups in total. The van der Waals surface area contributed by atoms with Gasteiger partial charge in [0.05, 0.1) is 19.4 Å². The molecule has 0 aliphatic carbocycles. The average molecular weight is 396 g/mol. The van der Waals surface area contributed by atoms with Crippen LogP contribution in [0.4, 0.5) is 0 Å². The Balaban J connectivity index is 1.52. The number of ether oxygens (including phenoxy) is 2. The number of aromatic nitrogens is 1. The van der Waals surface area contributed by atoms with Gasteiger partial charge in [-0.1, -0.05) is 19.1 Å². The predicted molar refractivity (Wildman–Crippen MR) is 114 cm³/mol. The number of rotatable bonds is 8. The highest BCUT2D eigenvalue weighted by Gasteiger charge is 2.19. The van der Waals surface area contributed by atoms with Crippen LogP contribution in [0, 0.1) is 0 Å². The van der Waals surface area contributed by atoms with Gasteiger partial charge in [0, 0.05) is 45.0 Å². The Hall–Kier alpha value is -2.86. The lowest BCUT2D eigenvalue weighted by Crippen LogP contribution is -2.47. The van der Waals surface area contributed by atoms with Gasteiger partial charge in [-0.15, -0.1) is 0 Å². The molecule has 0 radical (unpaired) electrons. The van der Waals surface area contributed by atoms with E-state index in [1.54, 1.807) is 13.2 Å². The molecule has 154 valence electrons. The molecule has 0 atom stereocenters. The van der Waals surface area contributed by atoms with Gasteiger partial charge in [0.1, 0.15) is 0 Å². The van der Waals surface area contributed by atoms with Crippen molar-refractivity contribution in [3.05, 3.63) is 59.9 Å². The molecule has 0 unspecified atom stereocenters. The van der Waals surface area contributed by atoms with Crippen molar-refractivity contribution in [3.8, 4) is 11.5 Å². The molecule has 1 fully saturated rings. The second kappa shape index (κ2) is 10.6. The Morgan fingerprint density at radius 1 is 1.14 bits per heavy atom. The van der Waals surface area contributed by atoms with E-state index in [-0.39, 0.29) is 5.91 Å². The molecule has 2 heterocycles. The molecule has 6 heteroatoms. The summed E-state index contributed by atoms with van der Waals surface area (Å²) in [6.07, 6.45) is 6.22. The molecule has 0 spiro atoms. The fourth-order valence-corrected chi connectivity index (χ4v) is 3.24. The Labute approximate surface area is 172 Å². The summed E-state index contributed by atoms with van der Waals surface area (Å²) in [6.45, 7) is 6.70. The Kier molecular flexibility index (Phi) is 7.64. The van der Waals surface area contributed by atoms with Crippen LogP contribution in [0.5, 0.6) is 11.5 Å². The van der Waals surface area contributed by atoms with Crippen LogP contribution in [0.3, 0.4) is 0 Å². The minimum Gasteiger partial charge on any atom is -0.493 e. The van der Waals surface area contributed by atoms with Crippen LogP contribution in [0.1, 0.15) is 24.6 Å². The summed E-state index contributed by atoms with van der Waals surface area (Å²) >= 11 is 0. The highest BCUT2D eigenvalue weighted by Crippen LogP contribution is 2.28. The van der Waals surface area contributed by atoms with Crippen LogP contribution >= 0.6 is 0 Å². The molecule has 2 aromatic rings. The molecule has 29 heavy (non-hydrogen) atoms. The van der Waals surface area contributed by atoms with Crippen molar-refractivity contribution in [2.75, 3.05) is 39.9 Å². The van der Waals surface area contributed by atoms with Crippen molar-refractivity contribution in [2.45, 2.75) is 19.9 Å². The van der Waals surface area contributed by atoms with Crippen LogP contribution in [0.25, 0.3) is 6.08 Å². The lowest BCUT2D eigenvalue weighted by atomic mass is 10.1. The third-order valence-corrected chi connectivity index (χ3v) is 4.86. The van der Waals surface area contributed by atoms with Gasteiger partial charge in [-0.2, -0.15) is 0 Å². The number of hydrogen-bond acceptors (Lipinski definition) is 5. The minimum absolute atomic E-state index is 0.0350. The van der Waals surface area contributed by atoms with E-state index in [0.29, 0.717) is 12.4 Å². The molecule has 1 aliphatic rings. The van der Waals surface area contributed by atoms with Gasteiger partial charge in [-0.25, -0.2) is 0 Å². The number of amides is 1. The maximum atomic E-state index is 12.6. The number of carbonyl (C=O) groups excluding carboxylic acids is 1. The largest absolute Gasteiger partial charge is 0.493 e. The second-order valence-corrected chi connectivity index (χ2v) is 7.01. The fraction of sp³-hybridized carbons (Fsp3) is 0.391. The van der Waals surface area contributed by atoms with E-state index in [1.807, 2.05) is 53.6 Å². The van der Waals surface area contributed by atoms with Gasteiger partial charge in [-0.05, 0) is 42.3 Å². The van der Waals surface area contributed by atoms with E-state index in [1.165, 1.54) is 0 Å². The third kappa shape index (κ3) is 6.06. The molecule has 3 rings (SSSR count). The first-order chi connectivity index (χ1) is 14.2.